The Balaban J connectivity index is 1.60. The fourth-order valence-corrected chi connectivity index (χ4v) is 4.52. The Hall–Kier alpha value is -2.55. The first-order valence-corrected chi connectivity index (χ1v) is 11.5. The fourth-order valence-electron chi connectivity index (χ4n) is 3.47. The van der Waals surface area contributed by atoms with Crippen LogP contribution in [0.4, 0.5) is 17.2 Å². The van der Waals surface area contributed by atoms with E-state index < -0.39 is 0 Å². The number of carbonyl (C=O) groups excluding carboxylic acids is 1. The predicted octanol–water partition coefficient (Wildman–Crippen LogP) is 4.48. The maximum absolute atomic E-state index is 11.9. The normalized spacial score (nSPS) is 14.9. The number of carbonyl (C=O) groups is 1. The van der Waals surface area contributed by atoms with Gasteiger partial charge in [0.1, 0.15) is 16.5 Å². The number of fused-ring (bicyclic) bond motifs is 1. The lowest BCUT2D eigenvalue weighted by Gasteiger charge is -2.25. The van der Waals surface area contributed by atoms with Crippen LogP contribution in [0, 0.1) is 19.8 Å². The molecule has 0 atom stereocenters. The second kappa shape index (κ2) is 9.30. The Morgan fingerprint density at radius 2 is 1.81 bits per heavy atom. The summed E-state index contributed by atoms with van der Waals surface area (Å²) in [5.74, 6) is 1.60. The zero-order chi connectivity index (χ0) is 22.0. The summed E-state index contributed by atoms with van der Waals surface area (Å²) in [7, 11) is 0. The van der Waals surface area contributed by atoms with E-state index in [1.165, 1.54) is 10.4 Å². The van der Waals surface area contributed by atoms with E-state index in [0.717, 1.165) is 59.5 Å². The fraction of sp³-hybridized carbons (Fsp3) is 0.435. The SMILES string of the molecule is Cc1sc2nc(CN3CCOCC3)nc(Nc3ccc(NC(=O)C(C)C)cc3)c2c1C. The van der Waals surface area contributed by atoms with Crippen molar-refractivity contribution in [2.45, 2.75) is 34.2 Å². The summed E-state index contributed by atoms with van der Waals surface area (Å²) in [5.41, 5.74) is 2.91. The molecule has 0 aliphatic carbocycles. The van der Waals surface area contributed by atoms with E-state index in [9.17, 15) is 4.79 Å². The molecule has 1 aromatic carbocycles. The van der Waals surface area contributed by atoms with Crippen molar-refractivity contribution in [3.63, 3.8) is 0 Å². The smallest absolute Gasteiger partial charge is 0.226 e. The summed E-state index contributed by atoms with van der Waals surface area (Å²) in [6.07, 6.45) is 0. The molecule has 3 aromatic rings. The number of anilines is 3. The zero-order valence-electron chi connectivity index (χ0n) is 18.5. The van der Waals surface area contributed by atoms with Crippen molar-refractivity contribution in [1.82, 2.24) is 14.9 Å². The lowest BCUT2D eigenvalue weighted by Crippen LogP contribution is -2.36. The van der Waals surface area contributed by atoms with E-state index in [-0.39, 0.29) is 11.8 Å². The van der Waals surface area contributed by atoms with Crippen LogP contribution in [0.1, 0.15) is 30.1 Å². The largest absolute Gasteiger partial charge is 0.379 e. The van der Waals surface area contributed by atoms with Gasteiger partial charge in [-0.15, -0.1) is 11.3 Å². The number of nitrogens with zero attached hydrogens (tertiary/aromatic N) is 3. The maximum atomic E-state index is 11.9. The number of hydrogen-bond donors (Lipinski definition) is 2. The number of ether oxygens (including phenoxy) is 1. The minimum atomic E-state index is -0.0539. The molecule has 7 nitrogen and oxygen atoms in total. The summed E-state index contributed by atoms with van der Waals surface area (Å²) in [5, 5.41) is 7.48. The molecular formula is C23H29N5O2S. The molecule has 0 bridgehead atoms. The molecule has 31 heavy (non-hydrogen) atoms. The lowest BCUT2D eigenvalue weighted by atomic mass is 10.2. The van der Waals surface area contributed by atoms with Gasteiger partial charge in [0.05, 0.1) is 25.1 Å². The second-order valence-corrected chi connectivity index (χ2v) is 9.39. The van der Waals surface area contributed by atoms with Gasteiger partial charge in [-0.25, -0.2) is 9.97 Å². The Bertz CT molecular complexity index is 1070. The van der Waals surface area contributed by atoms with Crippen LogP contribution in [0.25, 0.3) is 10.2 Å². The van der Waals surface area contributed by atoms with E-state index in [1.54, 1.807) is 11.3 Å². The van der Waals surface area contributed by atoms with Crippen LogP contribution < -0.4 is 10.6 Å². The number of benzene rings is 1. The van der Waals surface area contributed by atoms with Crippen LogP contribution in [0.5, 0.6) is 0 Å². The molecule has 2 aromatic heterocycles. The van der Waals surface area contributed by atoms with Gasteiger partial charge in [0.25, 0.3) is 0 Å². The highest BCUT2D eigenvalue weighted by molar-refractivity contribution is 7.18. The topological polar surface area (TPSA) is 79.4 Å². The number of amides is 1. The first kappa shape index (κ1) is 21.7. The summed E-state index contributed by atoms with van der Waals surface area (Å²) in [4.78, 5) is 26.3. The summed E-state index contributed by atoms with van der Waals surface area (Å²) in [6, 6.07) is 7.73. The third kappa shape index (κ3) is 5.03. The van der Waals surface area contributed by atoms with Crippen LogP contribution >= 0.6 is 11.3 Å². The monoisotopic (exact) mass is 439 g/mol. The molecule has 0 spiro atoms. The third-order valence-electron chi connectivity index (χ3n) is 5.48. The predicted molar refractivity (Wildman–Crippen MR) is 126 cm³/mol. The molecule has 1 fully saturated rings. The molecule has 0 unspecified atom stereocenters. The average molecular weight is 440 g/mol. The van der Waals surface area contributed by atoms with Crippen molar-refractivity contribution in [2.24, 2.45) is 5.92 Å². The van der Waals surface area contributed by atoms with E-state index in [4.69, 9.17) is 14.7 Å². The van der Waals surface area contributed by atoms with Gasteiger partial charge in [0.15, 0.2) is 0 Å². The minimum Gasteiger partial charge on any atom is -0.379 e. The number of thiophene rings is 1. The van der Waals surface area contributed by atoms with Crippen LogP contribution in [0.15, 0.2) is 24.3 Å². The highest BCUT2D eigenvalue weighted by Gasteiger charge is 2.18. The van der Waals surface area contributed by atoms with Gasteiger partial charge in [0.2, 0.25) is 5.91 Å². The van der Waals surface area contributed by atoms with E-state index in [1.807, 2.05) is 38.1 Å². The standard InChI is InChI=1S/C23H29N5O2S/c1-14(2)22(29)25-18-7-5-17(6-8-18)24-21-20-15(3)16(4)31-23(20)27-19(26-21)13-28-9-11-30-12-10-28/h5-8,14H,9-13H2,1-4H3,(H,25,29)(H,24,26,27). The Kier molecular flexibility index (Phi) is 6.50. The molecule has 1 saturated heterocycles. The van der Waals surface area contributed by atoms with Gasteiger partial charge in [-0.05, 0) is 43.7 Å². The summed E-state index contributed by atoms with van der Waals surface area (Å²) < 4.78 is 5.46. The van der Waals surface area contributed by atoms with Gasteiger partial charge in [-0.2, -0.15) is 0 Å². The van der Waals surface area contributed by atoms with Crippen LogP contribution in [0.2, 0.25) is 0 Å². The number of aryl methyl sites for hydroxylation is 2. The molecule has 0 radical (unpaired) electrons. The zero-order valence-corrected chi connectivity index (χ0v) is 19.3. The Morgan fingerprint density at radius 3 is 2.48 bits per heavy atom. The number of aromatic nitrogens is 2. The van der Waals surface area contributed by atoms with Crippen LogP contribution in [0.3, 0.4) is 0 Å². The quantitative estimate of drug-likeness (QED) is 0.590. The molecule has 4 rings (SSSR count). The van der Waals surface area contributed by atoms with Crippen molar-refractivity contribution in [2.75, 3.05) is 36.9 Å². The number of morpholine rings is 1. The minimum absolute atomic E-state index is 0.00958. The van der Waals surface area contributed by atoms with Crippen molar-refractivity contribution in [3.05, 3.63) is 40.5 Å². The number of nitrogens with one attached hydrogen (secondary N) is 2. The maximum Gasteiger partial charge on any atom is 0.226 e. The van der Waals surface area contributed by atoms with E-state index in [0.29, 0.717) is 6.54 Å². The van der Waals surface area contributed by atoms with E-state index >= 15 is 0 Å². The molecule has 1 aliphatic rings. The van der Waals surface area contributed by atoms with E-state index in [2.05, 4.69) is 29.4 Å². The molecule has 1 amide bonds. The molecule has 164 valence electrons. The van der Waals surface area contributed by atoms with Gasteiger partial charge in [-0.3, -0.25) is 9.69 Å². The van der Waals surface area contributed by atoms with Gasteiger partial charge < -0.3 is 15.4 Å². The van der Waals surface area contributed by atoms with Crippen molar-refractivity contribution < 1.29 is 9.53 Å². The van der Waals surface area contributed by atoms with Crippen molar-refractivity contribution in [1.29, 1.82) is 0 Å². The van der Waals surface area contributed by atoms with Gasteiger partial charge in [0, 0.05) is 35.3 Å². The Morgan fingerprint density at radius 1 is 1.13 bits per heavy atom. The second-order valence-electron chi connectivity index (χ2n) is 8.19. The highest BCUT2D eigenvalue weighted by Crippen LogP contribution is 2.35. The Labute approximate surface area is 186 Å². The molecule has 0 saturated carbocycles. The summed E-state index contributed by atoms with van der Waals surface area (Å²) in [6.45, 7) is 12.0. The first-order chi connectivity index (χ1) is 14.9. The van der Waals surface area contributed by atoms with Crippen molar-refractivity contribution in [3.8, 4) is 0 Å². The average Bonchev–Trinajstić information content (AvgIpc) is 3.03. The molecule has 2 N–H and O–H groups in total. The highest BCUT2D eigenvalue weighted by atomic mass is 32.1. The van der Waals surface area contributed by atoms with Gasteiger partial charge >= 0.3 is 0 Å². The molecule has 8 heteroatoms. The first-order valence-electron chi connectivity index (χ1n) is 10.7. The third-order valence-corrected chi connectivity index (χ3v) is 6.58. The van der Waals surface area contributed by atoms with Crippen molar-refractivity contribution >= 4 is 44.7 Å². The molecular weight excluding hydrogens is 410 g/mol. The molecule has 1 aliphatic heterocycles. The lowest BCUT2D eigenvalue weighted by molar-refractivity contribution is -0.118. The number of hydrogen-bond acceptors (Lipinski definition) is 7. The van der Waals surface area contributed by atoms with Crippen LogP contribution in [-0.4, -0.2) is 47.1 Å². The van der Waals surface area contributed by atoms with Crippen LogP contribution in [-0.2, 0) is 16.1 Å². The molecule has 3 heterocycles. The summed E-state index contributed by atoms with van der Waals surface area (Å²) >= 11 is 1.71. The van der Waals surface area contributed by atoms with Gasteiger partial charge in [-0.1, -0.05) is 13.8 Å². The number of rotatable bonds is 6.